The molecular weight excluding hydrogens is 388 g/mol. The molecule has 0 bridgehead atoms. The van der Waals surface area contributed by atoms with Crippen molar-refractivity contribution in [1.29, 1.82) is 0 Å². The maximum atomic E-state index is 10.9. The number of fused-ring (bicyclic) bond motifs is 1. The Morgan fingerprint density at radius 1 is 1.06 bits per heavy atom. The highest BCUT2D eigenvalue weighted by Crippen LogP contribution is 2.38. The van der Waals surface area contributed by atoms with E-state index in [9.17, 15) is 9.90 Å². The van der Waals surface area contributed by atoms with Crippen LogP contribution in [0.5, 0.6) is 5.75 Å². The Kier molecular flexibility index (Phi) is 6.01. The minimum absolute atomic E-state index is 0.0261. The van der Waals surface area contributed by atoms with Gasteiger partial charge in [0, 0.05) is 6.08 Å². The highest BCUT2D eigenvalue weighted by atomic mass is 16.5. The van der Waals surface area contributed by atoms with Crippen molar-refractivity contribution >= 4 is 17.6 Å². The van der Waals surface area contributed by atoms with E-state index in [1.54, 1.807) is 13.2 Å². The van der Waals surface area contributed by atoms with Gasteiger partial charge in [-0.3, -0.25) is 0 Å². The topological polar surface area (TPSA) is 66.8 Å². The molecule has 156 valence electrons. The lowest BCUT2D eigenvalue weighted by Gasteiger charge is -2.15. The van der Waals surface area contributed by atoms with Crippen LogP contribution in [0.25, 0.3) is 22.8 Å². The lowest BCUT2D eigenvalue weighted by atomic mass is 9.90. The Balaban J connectivity index is 1.71. The number of carbonyl (C=O) groups is 1. The molecule has 0 saturated carbocycles. The van der Waals surface area contributed by atoms with E-state index in [4.69, 9.17) is 9.84 Å². The van der Waals surface area contributed by atoms with Crippen LogP contribution in [-0.4, -0.2) is 23.3 Å². The Bertz CT molecular complexity index is 1170. The molecule has 0 aromatic heterocycles. The summed E-state index contributed by atoms with van der Waals surface area (Å²) >= 11 is 0. The van der Waals surface area contributed by atoms with Crippen LogP contribution in [-0.2, 0) is 24.2 Å². The molecule has 0 unspecified atom stereocenters. The van der Waals surface area contributed by atoms with E-state index in [0.29, 0.717) is 0 Å². The van der Waals surface area contributed by atoms with Gasteiger partial charge in [0.2, 0.25) is 0 Å². The number of aliphatic carboxylic acids is 1. The van der Waals surface area contributed by atoms with Gasteiger partial charge in [0.15, 0.2) is 0 Å². The van der Waals surface area contributed by atoms with E-state index in [-0.39, 0.29) is 6.61 Å². The number of benzene rings is 3. The second-order valence-corrected chi connectivity index (χ2v) is 7.59. The van der Waals surface area contributed by atoms with Crippen molar-refractivity contribution in [3.05, 3.63) is 101 Å². The highest BCUT2D eigenvalue weighted by Gasteiger charge is 2.19. The van der Waals surface area contributed by atoms with Crippen molar-refractivity contribution in [2.24, 2.45) is 0 Å². The summed E-state index contributed by atoms with van der Waals surface area (Å²) in [4.78, 5) is 10.9. The van der Waals surface area contributed by atoms with Crippen LogP contribution in [0.15, 0.2) is 72.8 Å². The van der Waals surface area contributed by atoms with Crippen molar-refractivity contribution in [3.63, 3.8) is 0 Å². The lowest BCUT2D eigenvalue weighted by molar-refractivity contribution is -0.131. The second-order valence-electron chi connectivity index (χ2n) is 7.59. The predicted molar refractivity (Wildman–Crippen MR) is 123 cm³/mol. The van der Waals surface area contributed by atoms with Gasteiger partial charge in [-0.25, -0.2) is 4.79 Å². The van der Waals surface area contributed by atoms with Gasteiger partial charge >= 0.3 is 5.97 Å². The molecule has 0 heterocycles. The molecule has 3 aromatic rings. The highest BCUT2D eigenvalue weighted by molar-refractivity contribution is 5.88. The molecule has 4 nitrogen and oxygen atoms in total. The Hall–Kier alpha value is -3.63. The summed E-state index contributed by atoms with van der Waals surface area (Å²) in [6.45, 7) is -0.0261. The summed E-state index contributed by atoms with van der Waals surface area (Å²) in [5, 5.41) is 18.5. The molecule has 1 aliphatic rings. The Morgan fingerprint density at radius 3 is 2.65 bits per heavy atom. The van der Waals surface area contributed by atoms with E-state index < -0.39 is 5.97 Å². The number of methoxy groups -OCH3 is 1. The van der Waals surface area contributed by atoms with E-state index >= 15 is 0 Å². The first-order chi connectivity index (χ1) is 15.1. The standard InChI is InChI=1S/C27H24O4/c1-31-24-15-19(12-20(16-24)17-28)14-23-10-9-21-5-3-7-25(27(21)23)22-6-2-4-18(13-22)8-11-26(29)30/h2-8,10-13,15-16,28H,9,14,17H2,1H3,(H,29,30). The summed E-state index contributed by atoms with van der Waals surface area (Å²) in [7, 11) is 1.63. The first-order valence-electron chi connectivity index (χ1n) is 10.2. The number of hydrogen-bond donors (Lipinski definition) is 2. The third-order valence-corrected chi connectivity index (χ3v) is 5.50. The molecular formula is C27H24O4. The maximum Gasteiger partial charge on any atom is 0.328 e. The number of hydrogen-bond acceptors (Lipinski definition) is 3. The molecule has 0 saturated heterocycles. The second kappa shape index (κ2) is 9.02. The molecule has 1 aliphatic carbocycles. The van der Waals surface area contributed by atoms with Gasteiger partial charge < -0.3 is 14.9 Å². The van der Waals surface area contributed by atoms with Gasteiger partial charge in [-0.05, 0) is 81.6 Å². The number of ether oxygens (including phenoxy) is 1. The first-order valence-corrected chi connectivity index (χ1v) is 10.2. The molecule has 4 rings (SSSR count). The van der Waals surface area contributed by atoms with Gasteiger partial charge in [-0.1, -0.05) is 48.5 Å². The molecule has 4 heteroatoms. The SMILES string of the molecule is COc1cc(CO)cc(CC2=CCc3cccc(-c4cccc(C=CC(=O)O)c4)c32)c1. The van der Waals surface area contributed by atoms with Crippen molar-refractivity contribution in [2.45, 2.75) is 19.4 Å². The molecule has 0 spiro atoms. The van der Waals surface area contributed by atoms with E-state index in [1.807, 2.05) is 36.4 Å². The monoisotopic (exact) mass is 412 g/mol. The largest absolute Gasteiger partial charge is 0.497 e. The van der Waals surface area contributed by atoms with E-state index in [0.717, 1.165) is 52.5 Å². The van der Waals surface area contributed by atoms with Gasteiger partial charge in [0.25, 0.3) is 0 Å². The van der Waals surface area contributed by atoms with Crippen LogP contribution in [0.1, 0.15) is 27.8 Å². The number of allylic oxidation sites excluding steroid dienone is 2. The van der Waals surface area contributed by atoms with Crippen LogP contribution in [0.2, 0.25) is 0 Å². The van der Waals surface area contributed by atoms with Crippen molar-refractivity contribution in [2.75, 3.05) is 7.11 Å². The van der Waals surface area contributed by atoms with E-state index in [2.05, 4.69) is 30.3 Å². The molecule has 3 aromatic carbocycles. The average Bonchev–Trinajstić information content (AvgIpc) is 3.20. The van der Waals surface area contributed by atoms with Gasteiger partial charge in [-0.15, -0.1) is 0 Å². The fourth-order valence-electron chi connectivity index (χ4n) is 4.12. The molecule has 31 heavy (non-hydrogen) atoms. The Morgan fingerprint density at radius 2 is 1.87 bits per heavy atom. The molecule has 0 radical (unpaired) electrons. The van der Waals surface area contributed by atoms with Crippen LogP contribution in [0.3, 0.4) is 0 Å². The third-order valence-electron chi connectivity index (χ3n) is 5.50. The summed E-state index contributed by atoms with van der Waals surface area (Å²) in [6, 6.07) is 20.1. The maximum absolute atomic E-state index is 10.9. The van der Waals surface area contributed by atoms with E-state index in [1.165, 1.54) is 16.7 Å². The molecule has 0 amide bonds. The fraction of sp³-hybridized carbons (Fsp3) is 0.148. The minimum Gasteiger partial charge on any atom is -0.497 e. The summed E-state index contributed by atoms with van der Waals surface area (Å²) in [5.41, 5.74) is 8.72. The van der Waals surface area contributed by atoms with Crippen LogP contribution >= 0.6 is 0 Å². The van der Waals surface area contributed by atoms with Gasteiger partial charge in [0.1, 0.15) is 5.75 Å². The summed E-state index contributed by atoms with van der Waals surface area (Å²) < 4.78 is 5.40. The minimum atomic E-state index is -0.961. The molecule has 0 fully saturated rings. The number of carboxylic acids is 1. The normalized spacial score (nSPS) is 12.6. The van der Waals surface area contributed by atoms with Crippen molar-refractivity contribution < 1.29 is 19.7 Å². The number of aliphatic hydroxyl groups is 1. The van der Waals surface area contributed by atoms with Crippen LogP contribution in [0, 0.1) is 0 Å². The zero-order chi connectivity index (χ0) is 21.8. The van der Waals surface area contributed by atoms with Crippen molar-refractivity contribution in [1.82, 2.24) is 0 Å². The van der Waals surface area contributed by atoms with Crippen LogP contribution in [0.4, 0.5) is 0 Å². The third kappa shape index (κ3) is 4.60. The summed E-state index contributed by atoms with van der Waals surface area (Å²) in [6.07, 6.45) is 6.65. The molecule has 2 N–H and O–H groups in total. The molecule has 0 atom stereocenters. The zero-order valence-electron chi connectivity index (χ0n) is 17.3. The number of rotatable bonds is 7. The lowest BCUT2D eigenvalue weighted by Crippen LogP contribution is -1.96. The smallest absolute Gasteiger partial charge is 0.328 e. The van der Waals surface area contributed by atoms with Crippen LogP contribution < -0.4 is 4.74 Å². The number of carboxylic acid groups (broad SMARTS) is 1. The summed E-state index contributed by atoms with van der Waals surface area (Å²) in [5.74, 6) is -0.219. The number of aliphatic hydroxyl groups excluding tert-OH is 1. The van der Waals surface area contributed by atoms with Crippen molar-refractivity contribution in [3.8, 4) is 16.9 Å². The molecule has 0 aliphatic heterocycles. The quantitative estimate of drug-likeness (QED) is 0.528. The zero-order valence-corrected chi connectivity index (χ0v) is 17.3. The first kappa shape index (κ1) is 20.6. The van der Waals surface area contributed by atoms with Gasteiger partial charge in [0.05, 0.1) is 13.7 Å². The Labute approximate surface area is 181 Å². The predicted octanol–water partition coefficient (Wildman–Crippen LogP) is 5.13. The van der Waals surface area contributed by atoms with Gasteiger partial charge in [-0.2, -0.15) is 0 Å². The fourth-order valence-corrected chi connectivity index (χ4v) is 4.12. The average molecular weight is 412 g/mol.